The van der Waals surface area contributed by atoms with Gasteiger partial charge in [-0.25, -0.2) is 4.79 Å². The van der Waals surface area contributed by atoms with Gasteiger partial charge < -0.3 is 42.5 Å². The van der Waals surface area contributed by atoms with E-state index in [1.807, 2.05) is 0 Å². The van der Waals surface area contributed by atoms with Crippen LogP contribution in [-0.2, 0) is 28.8 Å². The lowest BCUT2D eigenvalue weighted by Gasteiger charge is -2.40. The lowest BCUT2D eigenvalue weighted by atomic mass is 9.87. The van der Waals surface area contributed by atoms with Crippen LogP contribution in [0.4, 0.5) is 0 Å². The molecule has 42 heavy (non-hydrogen) atoms. The molecule has 2 aliphatic heterocycles. The average molecular weight is 612 g/mol. The van der Waals surface area contributed by atoms with Crippen LogP contribution in [-0.4, -0.2) is 101 Å². The molecule has 0 aliphatic carbocycles. The van der Waals surface area contributed by atoms with Crippen LogP contribution in [0.5, 0.6) is 0 Å². The van der Waals surface area contributed by atoms with Gasteiger partial charge in [-0.1, -0.05) is 5.11 Å². The number of rotatable bonds is 15. The summed E-state index contributed by atoms with van der Waals surface area (Å²) in [6.45, 7) is 0.869. The highest BCUT2D eigenvalue weighted by molar-refractivity contribution is 7.15. The number of fused-ring (bicyclic) bond motifs is 1. The first-order valence-electron chi connectivity index (χ1n) is 13.3. The highest BCUT2D eigenvalue weighted by Crippen LogP contribution is 2.35. The third-order valence-corrected chi connectivity index (χ3v) is 7.36. The van der Waals surface area contributed by atoms with E-state index in [1.165, 1.54) is 11.8 Å². The topological polar surface area (TPSA) is 287 Å². The fourth-order valence-electron chi connectivity index (χ4n) is 5.01. The number of nitrogens with two attached hydrogens (primary N) is 2. The van der Waals surface area contributed by atoms with Gasteiger partial charge >= 0.3 is 5.97 Å². The van der Waals surface area contributed by atoms with E-state index in [9.17, 15) is 33.9 Å². The number of nitrogens with zero attached hydrogens (tertiary/aromatic N) is 5. The number of azide groups is 1. The Labute approximate surface area is 244 Å². The van der Waals surface area contributed by atoms with Crippen LogP contribution in [0.3, 0.4) is 0 Å². The van der Waals surface area contributed by atoms with Crippen molar-refractivity contribution in [3.8, 4) is 0 Å². The van der Waals surface area contributed by atoms with Gasteiger partial charge in [0.15, 0.2) is 5.96 Å². The number of carboxylic acids is 1. The number of Topliss-reactive ketones (excluding diaryl/α,β-unsaturated/α-hetero) is 1. The second-order valence-electron chi connectivity index (χ2n) is 10.1. The molecule has 0 bridgehead atoms. The maximum absolute atomic E-state index is 13.3. The molecule has 232 valence electrons. The molecule has 19 heteroatoms. The molecule has 9 N–H and O–H groups in total. The third kappa shape index (κ3) is 9.82. The van der Waals surface area contributed by atoms with Gasteiger partial charge in [0.05, 0.1) is 12.6 Å². The van der Waals surface area contributed by atoms with E-state index in [1.54, 1.807) is 0 Å². The highest BCUT2D eigenvalue weighted by atomic mass is 31.0. The Balaban J connectivity index is 2.08. The second kappa shape index (κ2) is 16.4. The number of hydrogen-bond acceptors (Lipinski definition) is 9. The number of aliphatic imine (C=N–C) groups is 1. The summed E-state index contributed by atoms with van der Waals surface area (Å²) in [6.07, 6.45) is 1.34. The van der Waals surface area contributed by atoms with Crippen molar-refractivity contribution in [2.75, 3.05) is 19.6 Å². The quantitative estimate of drug-likeness (QED) is 0.0196. The van der Waals surface area contributed by atoms with E-state index in [0.717, 1.165) is 0 Å². The van der Waals surface area contributed by atoms with Crippen molar-refractivity contribution in [1.29, 1.82) is 0 Å². The lowest BCUT2D eigenvalue weighted by molar-refractivity contribution is -0.146. The maximum atomic E-state index is 13.3. The summed E-state index contributed by atoms with van der Waals surface area (Å²) in [6, 6.07) is -4.65. The molecule has 0 aromatic carbocycles. The number of amides is 4. The first kappa shape index (κ1) is 34.2. The fourth-order valence-corrected chi connectivity index (χ4v) is 5.10. The van der Waals surface area contributed by atoms with Gasteiger partial charge in [0.2, 0.25) is 23.6 Å². The van der Waals surface area contributed by atoms with Gasteiger partial charge in [0.25, 0.3) is 0 Å². The van der Waals surface area contributed by atoms with Crippen molar-refractivity contribution in [1.82, 2.24) is 25.9 Å². The summed E-state index contributed by atoms with van der Waals surface area (Å²) in [5.41, 5.74) is 20.3. The zero-order valence-corrected chi connectivity index (χ0v) is 24.3. The Bertz CT molecular complexity index is 1130. The minimum atomic E-state index is -1.45. The molecule has 2 rings (SSSR count). The van der Waals surface area contributed by atoms with Gasteiger partial charge in [-0.15, -0.1) is 0 Å². The SMILES string of the molecule is CC(=O)C[C@H](NC(=O)CNC(=O)[C@H](CCCN=C(N)NP)NC(=O)[C@@H]1CC[C@H]2C[C@@H](CN=[N+]=[N-])[C@@H](N)C(=O)N21)C(=O)O. The van der Waals surface area contributed by atoms with E-state index in [-0.39, 0.29) is 37.4 Å². The average Bonchev–Trinajstić information content (AvgIpc) is 3.37. The van der Waals surface area contributed by atoms with E-state index in [0.29, 0.717) is 25.7 Å². The molecule has 0 saturated carbocycles. The number of piperidine rings is 1. The van der Waals surface area contributed by atoms with E-state index < -0.39 is 72.5 Å². The zero-order valence-electron chi connectivity index (χ0n) is 23.2. The van der Waals surface area contributed by atoms with Crippen LogP contribution in [0.2, 0.25) is 0 Å². The molecular weight excluding hydrogens is 573 g/mol. The number of carbonyl (C=O) groups excluding carboxylic acids is 5. The Morgan fingerprint density at radius 2 is 1.93 bits per heavy atom. The molecule has 18 nitrogen and oxygen atoms in total. The molecule has 2 heterocycles. The van der Waals surface area contributed by atoms with Gasteiger partial charge in [-0.3, -0.25) is 29.0 Å². The smallest absolute Gasteiger partial charge is 0.326 e. The van der Waals surface area contributed by atoms with Crippen LogP contribution >= 0.6 is 9.39 Å². The molecule has 2 aliphatic rings. The van der Waals surface area contributed by atoms with Crippen LogP contribution < -0.4 is 32.5 Å². The number of hydrogen-bond donors (Lipinski definition) is 7. The van der Waals surface area contributed by atoms with Crippen LogP contribution in [0, 0.1) is 5.92 Å². The molecule has 2 saturated heterocycles. The summed E-state index contributed by atoms with van der Waals surface area (Å²) in [5, 5.41) is 22.5. The molecule has 0 radical (unpaired) electrons. The van der Waals surface area contributed by atoms with Crippen molar-refractivity contribution in [3.05, 3.63) is 10.4 Å². The van der Waals surface area contributed by atoms with Crippen molar-refractivity contribution < 1.29 is 33.9 Å². The van der Waals surface area contributed by atoms with Crippen LogP contribution in [0.1, 0.15) is 45.4 Å². The monoisotopic (exact) mass is 611 g/mol. The minimum Gasteiger partial charge on any atom is -0.480 e. The summed E-state index contributed by atoms with van der Waals surface area (Å²) < 4.78 is 0. The summed E-state index contributed by atoms with van der Waals surface area (Å²) in [4.78, 5) is 82.5. The molecule has 0 spiro atoms. The first-order valence-corrected chi connectivity index (χ1v) is 13.9. The van der Waals surface area contributed by atoms with Crippen molar-refractivity contribution >= 4 is 50.7 Å². The maximum Gasteiger partial charge on any atom is 0.326 e. The number of carbonyl (C=O) groups is 6. The van der Waals surface area contributed by atoms with Gasteiger partial charge in [0.1, 0.15) is 23.9 Å². The number of aliphatic carboxylic acids is 1. The van der Waals surface area contributed by atoms with Crippen LogP contribution in [0.25, 0.3) is 10.4 Å². The predicted molar refractivity (Wildman–Crippen MR) is 152 cm³/mol. The number of guanidine groups is 1. The van der Waals surface area contributed by atoms with Crippen molar-refractivity contribution in [3.63, 3.8) is 0 Å². The molecule has 4 amide bonds. The van der Waals surface area contributed by atoms with E-state index >= 15 is 0 Å². The number of ketones is 1. The van der Waals surface area contributed by atoms with Gasteiger partial charge in [0, 0.05) is 30.5 Å². The van der Waals surface area contributed by atoms with E-state index in [2.05, 4.69) is 45.4 Å². The number of carboxylic acid groups (broad SMARTS) is 1. The van der Waals surface area contributed by atoms with Crippen LogP contribution in [0.15, 0.2) is 10.1 Å². The molecule has 1 unspecified atom stereocenters. The Kier molecular flexibility index (Phi) is 13.4. The van der Waals surface area contributed by atoms with Crippen molar-refractivity contribution in [2.24, 2.45) is 27.5 Å². The summed E-state index contributed by atoms with van der Waals surface area (Å²) >= 11 is 0. The molecule has 0 aromatic rings. The van der Waals surface area contributed by atoms with Gasteiger partial charge in [-0.05, 0) is 59.9 Å². The predicted octanol–water partition coefficient (Wildman–Crippen LogP) is -2.37. The largest absolute Gasteiger partial charge is 0.480 e. The normalized spacial score (nSPS) is 23.1. The number of nitrogens with one attached hydrogen (secondary N) is 4. The zero-order chi connectivity index (χ0) is 31.4. The Hall–Kier alpha value is -4.01. The highest BCUT2D eigenvalue weighted by Gasteiger charge is 2.48. The summed E-state index contributed by atoms with van der Waals surface area (Å²) in [5.74, 6) is -4.61. The molecule has 2 fully saturated rings. The Morgan fingerprint density at radius 3 is 2.55 bits per heavy atom. The molecule has 0 aromatic heterocycles. The lowest BCUT2D eigenvalue weighted by Crippen LogP contribution is -2.61. The Morgan fingerprint density at radius 1 is 1.21 bits per heavy atom. The standard InChI is InChI=1S/C23H38N11O7P/c1-11(35)7-15(22(40)41)30-17(36)10-28-19(37)14(3-2-6-27-23(25)32-42)31-20(38)16-5-4-13-8-12(9-29-33-26)18(24)21(39)34(13)16/h12-16,18H,2-10,24,42H2,1H3,(H,28,37)(H,30,36)(H,31,38)(H,40,41)(H3,25,27,32)/t12-,13-,14-,15-,16-,18+/m0/s1. The second-order valence-corrected chi connectivity index (χ2v) is 10.4. The van der Waals surface area contributed by atoms with E-state index in [4.69, 9.17) is 17.0 Å². The molecule has 7 atom stereocenters. The minimum absolute atomic E-state index is 0.0711. The summed E-state index contributed by atoms with van der Waals surface area (Å²) in [7, 11) is 2.19. The molecular formula is C23H38N11O7P. The van der Waals surface area contributed by atoms with Gasteiger partial charge in [-0.2, -0.15) is 0 Å². The van der Waals surface area contributed by atoms with Crippen molar-refractivity contribution in [2.45, 2.75) is 75.7 Å². The third-order valence-electron chi connectivity index (χ3n) is 7.07. The first-order chi connectivity index (χ1) is 19.9. The fraction of sp³-hybridized carbons (Fsp3) is 0.696.